The Labute approximate surface area is 163 Å². The minimum Gasteiger partial charge on any atom is -0.496 e. The Morgan fingerprint density at radius 2 is 1.93 bits per heavy atom. The highest BCUT2D eigenvalue weighted by molar-refractivity contribution is 5.79. The molecule has 0 amide bonds. The number of cyclic esters (lactones) is 1. The molecular weight excluding hydrogens is 362 g/mol. The molecule has 148 valence electrons. The molecule has 1 saturated heterocycles. The van der Waals surface area contributed by atoms with Crippen molar-refractivity contribution in [2.45, 2.75) is 18.6 Å². The molecule has 0 aromatic heterocycles. The molecule has 4 atom stereocenters. The number of likely N-dealkylation sites (N-methyl/N-ethyl adjacent to an activating group) is 1. The topological polar surface area (TPSA) is 66.5 Å². The molecule has 0 bridgehead atoms. The van der Waals surface area contributed by atoms with Gasteiger partial charge in [-0.05, 0) is 42.8 Å². The summed E-state index contributed by atoms with van der Waals surface area (Å²) in [5.74, 6) is 1.77. The predicted octanol–water partition coefficient (Wildman–Crippen LogP) is 2.18. The van der Waals surface area contributed by atoms with Crippen LogP contribution in [0.5, 0.6) is 11.5 Å². The van der Waals surface area contributed by atoms with E-state index in [1.54, 1.807) is 14.2 Å². The molecule has 1 aromatic rings. The SMILES string of the molecule is COC1=C(OC)C2C(=O)OC(C3c4cc5c(cc4CCN3C)OCO5)C2C=C1. The second-order valence-corrected chi connectivity index (χ2v) is 7.53. The Hall–Kier alpha value is -2.67. The highest BCUT2D eigenvalue weighted by Crippen LogP contribution is 2.48. The number of ether oxygens (including phenoxy) is 5. The number of rotatable bonds is 3. The molecule has 1 aromatic carbocycles. The van der Waals surface area contributed by atoms with E-state index in [1.165, 1.54) is 5.56 Å². The van der Waals surface area contributed by atoms with Gasteiger partial charge in [0.25, 0.3) is 0 Å². The summed E-state index contributed by atoms with van der Waals surface area (Å²) in [4.78, 5) is 15.1. The zero-order valence-corrected chi connectivity index (χ0v) is 16.1. The lowest BCUT2D eigenvalue weighted by Gasteiger charge is -2.39. The third kappa shape index (κ3) is 2.42. The van der Waals surface area contributed by atoms with Crippen LogP contribution in [0, 0.1) is 11.8 Å². The molecule has 0 radical (unpaired) electrons. The fourth-order valence-corrected chi connectivity index (χ4v) is 4.83. The summed E-state index contributed by atoms with van der Waals surface area (Å²) in [7, 11) is 5.21. The zero-order valence-electron chi connectivity index (χ0n) is 16.1. The highest BCUT2D eigenvalue weighted by atomic mass is 16.7. The van der Waals surface area contributed by atoms with Gasteiger partial charge in [-0.25, -0.2) is 0 Å². The van der Waals surface area contributed by atoms with Gasteiger partial charge in [0.1, 0.15) is 12.0 Å². The third-order valence-electron chi connectivity index (χ3n) is 6.18. The largest absolute Gasteiger partial charge is 0.496 e. The molecule has 1 fully saturated rings. The average Bonchev–Trinajstić information content (AvgIpc) is 3.29. The van der Waals surface area contributed by atoms with Crippen molar-refractivity contribution in [2.75, 3.05) is 34.6 Å². The molecule has 3 heterocycles. The van der Waals surface area contributed by atoms with Crippen molar-refractivity contribution in [2.24, 2.45) is 11.8 Å². The Morgan fingerprint density at radius 3 is 2.68 bits per heavy atom. The maximum absolute atomic E-state index is 12.8. The van der Waals surface area contributed by atoms with Crippen LogP contribution in [0.1, 0.15) is 17.2 Å². The van der Waals surface area contributed by atoms with Crippen molar-refractivity contribution in [1.29, 1.82) is 0 Å². The van der Waals surface area contributed by atoms with Crippen molar-refractivity contribution < 1.29 is 28.5 Å². The van der Waals surface area contributed by atoms with Crippen LogP contribution in [-0.2, 0) is 25.4 Å². The summed E-state index contributed by atoms with van der Waals surface area (Å²) in [6, 6.07) is 4.04. The molecule has 0 saturated carbocycles. The molecule has 7 heteroatoms. The van der Waals surface area contributed by atoms with Gasteiger partial charge in [-0.1, -0.05) is 6.08 Å². The normalized spacial score (nSPS) is 30.8. The molecular formula is C21H23NO6. The first-order chi connectivity index (χ1) is 13.6. The van der Waals surface area contributed by atoms with E-state index in [0.29, 0.717) is 11.5 Å². The summed E-state index contributed by atoms with van der Waals surface area (Å²) in [6.45, 7) is 1.12. The van der Waals surface area contributed by atoms with E-state index in [0.717, 1.165) is 30.0 Å². The second-order valence-electron chi connectivity index (χ2n) is 7.53. The quantitative estimate of drug-likeness (QED) is 0.739. The molecule has 0 N–H and O–H groups in total. The van der Waals surface area contributed by atoms with Gasteiger partial charge in [0.15, 0.2) is 23.0 Å². The van der Waals surface area contributed by atoms with Crippen LogP contribution in [0.2, 0.25) is 0 Å². The Morgan fingerprint density at radius 1 is 1.14 bits per heavy atom. The first kappa shape index (κ1) is 17.4. The number of methoxy groups -OCH3 is 2. The Kier molecular flexibility index (Phi) is 4.01. The van der Waals surface area contributed by atoms with Gasteiger partial charge < -0.3 is 23.7 Å². The summed E-state index contributed by atoms with van der Waals surface area (Å²) >= 11 is 0. The standard InChI is InChI=1S/C21H23NO6/c1-22-7-6-11-8-15-16(27-10-26-15)9-13(11)18(22)19-12-4-5-14(24-2)20(25-3)17(12)21(23)28-19/h4-5,8-9,12,17-19H,6-7,10H2,1-3H3. The van der Waals surface area contributed by atoms with Crippen LogP contribution < -0.4 is 9.47 Å². The smallest absolute Gasteiger partial charge is 0.317 e. The van der Waals surface area contributed by atoms with E-state index in [9.17, 15) is 4.79 Å². The van der Waals surface area contributed by atoms with Crippen LogP contribution in [-0.4, -0.2) is 51.6 Å². The maximum Gasteiger partial charge on any atom is 0.317 e. The summed E-state index contributed by atoms with van der Waals surface area (Å²) in [5, 5.41) is 0. The number of esters is 1. The lowest BCUT2D eigenvalue weighted by molar-refractivity contribution is -0.146. The highest BCUT2D eigenvalue weighted by Gasteiger charge is 2.53. The van der Waals surface area contributed by atoms with Gasteiger partial charge in [-0.3, -0.25) is 9.69 Å². The van der Waals surface area contributed by atoms with E-state index in [1.807, 2.05) is 18.2 Å². The van der Waals surface area contributed by atoms with Crippen molar-refractivity contribution in [3.8, 4) is 11.5 Å². The first-order valence-corrected chi connectivity index (χ1v) is 9.46. The summed E-state index contributed by atoms with van der Waals surface area (Å²) < 4.78 is 28.0. The van der Waals surface area contributed by atoms with E-state index < -0.39 is 5.92 Å². The predicted molar refractivity (Wildman–Crippen MR) is 98.7 cm³/mol. The van der Waals surface area contributed by atoms with Gasteiger partial charge in [0.05, 0.1) is 20.3 Å². The number of fused-ring (bicyclic) bond motifs is 3. The van der Waals surface area contributed by atoms with Gasteiger partial charge in [-0.15, -0.1) is 0 Å². The van der Waals surface area contributed by atoms with Crippen LogP contribution in [0.3, 0.4) is 0 Å². The molecule has 28 heavy (non-hydrogen) atoms. The minimum atomic E-state index is -0.484. The molecule has 0 spiro atoms. The number of carbonyl (C=O) groups is 1. The fraction of sp³-hybridized carbons (Fsp3) is 0.476. The second kappa shape index (κ2) is 6.44. The number of hydrogen-bond donors (Lipinski definition) is 0. The number of nitrogens with zero attached hydrogens (tertiary/aromatic N) is 1. The lowest BCUT2D eigenvalue weighted by atomic mass is 9.78. The molecule has 4 aliphatic rings. The third-order valence-corrected chi connectivity index (χ3v) is 6.18. The summed E-state index contributed by atoms with van der Waals surface area (Å²) in [5.41, 5.74) is 2.34. The van der Waals surface area contributed by atoms with Crippen molar-refractivity contribution >= 4 is 5.97 Å². The van der Waals surface area contributed by atoms with E-state index in [4.69, 9.17) is 23.7 Å². The number of carbonyl (C=O) groups excluding carboxylic acids is 1. The zero-order chi connectivity index (χ0) is 19.4. The molecule has 3 aliphatic heterocycles. The van der Waals surface area contributed by atoms with E-state index in [-0.39, 0.29) is 30.8 Å². The number of hydrogen-bond acceptors (Lipinski definition) is 7. The fourth-order valence-electron chi connectivity index (χ4n) is 4.83. The summed E-state index contributed by atoms with van der Waals surface area (Å²) in [6.07, 6.45) is 4.48. The monoisotopic (exact) mass is 385 g/mol. The van der Waals surface area contributed by atoms with E-state index >= 15 is 0 Å². The Balaban J connectivity index is 1.55. The van der Waals surface area contributed by atoms with Crippen LogP contribution in [0.25, 0.3) is 0 Å². The number of benzene rings is 1. The molecule has 5 rings (SSSR count). The maximum atomic E-state index is 12.8. The van der Waals surface area contributed by atoms with Crippen LogP contribution in [0.4, 0.5) is 0 Å². The number of allylic oxidation sites excluding steroid dienone is 1. The Bertz CT molecular complexity index is 891. The average molecular weight is 385 g/mol. The molecule has 4 unspecified atom stereocenters. The first-order valence-electron chi connectivity index (χ1n) is 9.46. The van der Waals surface area contributed by atoms with Crippen molar-refractivity contribution in [1.82, 2.24) is 4.90 Å². The van der Waals surface area contributed by atoms with Crippen molar-refractivity contribution in [3.05, 3.63) is 46.9 Å². The molecule has 1 aliphatic carbocycles. The van der Waals surface area contributed by atoms with Gasteiger partial charge >= 0.3 is 5.97 Å². The lowest BCUT2D eigenvalue weighted by Crippen LogP contribution is -2.42. The van der Waals surface area contributed by atoms with Gasteiger partial charge in [0, 0.05) is 12.5 Å². The minimum absolute atomic E-state index is 0.0657. The molecule has 7 nitrogen and oxygen atoms in total. The van der Waals surface area contributed by atoms with Gasteiger partial charge in [-0.2, -0.15) is 0 Å². The van der Waals surface area contributed by atoms with Crippen LogP contribution >= 0.6 is 0 Å². The van der Waals surface area contributed by atoms with Crippen LogP contribution in [0.15, 0.2) is 35.8 Å². The van der Waals surface area contributed by atoms with E-state index in [2.05, 4.69) is 18.0 Å². The van der Waals surface area contributed by atoms with Crippen molar-refractivity contribution in [3.63, 3.8) is 0 Å². The van der Waals surface area contributed by atoms with Gasteiger partial charge in [0.2, 0.25) is 6.79 Å².